The van der Waals surface area contributed by atoms with E-state index >= 15 is 0 Å². The van der Waals surface area contributed by atoms with Gasteiger partial charge in [0, 0.05) is 28.9 Å². The molecule has 18 heavy (non-hydrogen) atoms. The van der Waals surface area contributed by atoms with Crippen LogP contribution in [0.4, 0.5) is 0 Å². The monoisotopic (exact) mass is 273 g/mol. The van der Waals surface area contributed by atoms with Crippen molar-refractivity contribution in [1.82, 2.24) is 5.32 Å². The van der Waals surface area contributed by atoms with E-state index in [2.05, 4.69) is 10.1 Å². The number of furan rings is 1. The lowest BCUT2D eigenvalue weighted by Gasteiger charge is -2.11. The molecule has 1 aromatic rings. The third kappa shape index (κ3) is 5.01. The predicted octanol–water partition coefficient (Wildman–Crippen LogP) is 1.31. The van der Waals surface area contributed by atoms with Crippen LogP contribution >= 0.6 is 0 Å². The van der Waals surface area contributed by atoms with Gasteiger partial charge in [-0.05, 0) is 19.4 Å². The Morgan fingerprint density at radius 2 is 2.33 bits per heavy atom. The molecule has 2 atom stereocenters. The van der Waals surface area contributed by atoms with Crippen LogP contribution in [0.2, 0.25) is 0 Å². The maximum atomic E-state index is 11.2. The van der Waals surface area contributed by atoms with Crippen LogP contribution in [-0.4, -0.2) is 35.3 Å². The van der Waals surface area contributed by atoms with E-state index in [-0.39, 0.29) is 6.04 Å². The molecule has 0 amide bonds. The molecule has 0 fully saturated rings. The van der Waals surface area contributed by atoms with Crippen LogP contribution in [0.3, 0.4) is 0 Å². The van der Waals surface area contributed by atoms with Crippen LogP contribution in [0.5, 0.6) is 0 Å². The minimum atomic E-state index is -0.762. The Morgan fingerprint density at radius 1 is 1.61 bits per heavy atom. The molecule has 0 aliphatic carbocycles. The summed E-state index contributed by atoms with van der Waals surface area (Å²) in [6, 6.07) is 1.91. The quantitative estimate of drug-likeness (QED) is 0.759. The van der Waals surface area contributed by atoms with Gasteiger partial charge in [0.2, 0.25) is 0 Å². The molecule has 0 aromatic carbocycles. The molecule has 0 radical (unpaired) electrons. The molecule has 6 heteroatoms. The fourth-order valence-electron chi connectivity index (χ4n) is 1.42. The van der Waals surface area contributed by atoms with Crippen LogP contribution in [0.25, 0.3) is 0 Å². The van der Waals surface area contributed by atoms with Gasteiger partial charge in [-0.3, -0.25) is 4.21 Å². The summed E-state index contributed by atoms with van der Waals surface area (Å²) in [6.07, 6.45) is 3.92. The van der Waals surface area contributed by atoms with Gasteiger partial charge < -0.3 is 14.5 Å². The lowest BCUT2D eigenvalue weighted by atomic mass is 10.2. The van der Waals surface area contributed by atoms with Crippen LogP contribution < -0.4 is 5.32 Å². The highest BCUT2D eigenvalue weighted by molar-refractivity contribution is 7.84. The zero-order valence-corrected chi connectivity index (χ0v) is 11.7. The Hall–Kier alpha value is -1.14. The minimum absolute atomic E-state index is 0.251. The van der Waals surface area contributed by atoms with Gasteiger partial charge in [0.05, 0.1) is 19.2 Å². The van der Waals surface area contributed by atoms with Gasteiger partial charge >= 0.3 is 5.97 Å². The van der Waals surface area contributed by atoms with Gasteiger partial charge in [-0.25, -0.2) is 4.79 Å². The molecule has 0 bridgehead atoms. The normalized spacial score (nSPS) is 14.2. The molecular weight excluding hydrogens is 254 g/mol. The number of hydrogen-bond donors (Lipinski definition) is 1. The fraction of sp³-hybridized carbons (Fsp3) is 0.583. The van der Waals surface area contributed by atoms with Gasteiger partial charge in [0.25, 0.3) is 0 Å². The molecule has 0 spiro atoms. The second-order valence-electron chi connectivity index (χ2n) is 4.14. The maximum Gasteiger partial charge on any atom is 0.341 e. The number of nitrogens with one attached hydrogen (secondary N) is 1. The molecule has 5 nitrogen and oxygen atoms in total. The van der Waals surface area contributed by atoms with E-state index < -0.39 is 16.8 Å². The lowest BCUT2D eigenvalue weighted by molar-refractivity contribution is 0.0600. The average molecular weight is 273 g/mol. The third-order valence-electron chi connectivity index (χ3n) is 2.54. The Morgan fingerprint density at radius 3 is 2.94 bits per heavy atom. The van der Waals surface area contributed by atoms with Gasteiger partial charge in [0.1, 0.15) is 12.0 Å². The zero-order chi connectivity index (χ0) is 13.5. The Bertz CT molecular complexity index is 416. The van der Waals surface area contributed by atoms with Crippen LogP contribution in [0.1, 0.15) is 29.5 Å². The van der Waals surface area contributed by atoms with E-state index in [0.717, 1.165) is 6.42 Å². The van der Waals surface area contributed by atoms with E-state index in [1.165, 1.54) is 13.4 Å². The molecule has 0 saturated carbocycles. The number of carbonyl (C=O) groups is 1. The van der Waals surface area contributed by atoms with E-state index in [1.54, 1.807) is 12.3 Å². The third-order valence-corrected chi connectivity index (χ3v) is 3.35. The van der Waals surface area contributed by atoms with E-state index in [9.17, 15) is 9.00 Å². The van der Waals surface area contributed by atoms with Crippen molar-refractivity contribution >= 4 is 16.8 Å². The molecule has 1 rings (SSSR count). The van der Waals surface area contributed by atoms with Gasteiger partial charge in [-0.2, -0.15) is 0 Å². The topological polar surface area (TPSA) is 68.5 Å². The van der Waals surface area contributed by atoms with Crippen molar-refractivity contribution in [2.45, 2.75) is 25.9 Å². The summed E-state index contributed by atoms with van der Waals surface area (Å²) >= 11 is 0. The van der Waals surface area contributed by atoms with Crippen LogP contribution in [0.15, 0.2) is 16.7 Å². The molecule has 1 N–H and O–H groups in total. The van der Waals surface area contributed by atoms with Crippen molar-refractivity contribution in [3.8, 4) is 0 Å². The summed E-state index contributed by atoms with van der Waals surface area (Å²) in [5.41, 5.74) is 0.414. The SMILES string of the molecule is COC(=O)c1coc(CNC(C)CCS(C)=O)c1. The van der Waals surface area contributed by atoms with Crippen molar-refractivity contribution in [3.63, 3.8) is 0 Å². The minimum Gasteiger partial charge on any atom is -0.467 e. The summed E-state index contributed by atoms with van der Waals surface area (Å²) in [4.78, 5) is 11.2. The number of hydrogen-bond acceptors (Lipinski definition) is 5. The summed E-state index contributed by atoms with van der Waals surface area (Å²) in [5.74, 6) is 0.957. The smallest absolute Gasteiger partial charge is 0.341 e. The van der Waals surface area contributed by atoms with Gasteiger partial charge in [-0.1, -0.05) is 0 Å². The number of carbonyl (C=O) groups excluding carboxylic acids is 1. The van der Waals surface area contributed by atoms with Gasteiger partial charge in [-0.15, -0.1) is 0 Å². The molecule has 0 aliphatic rings. The summed E-state index contributed by atoms with van der Waals surface area (Å²) < 4.78 is 20.8. The maximum absolute atomic E-state index is 11.2. The van der Waals surface area contributed by atoms with Crippen molar-refractivity contribution in [1.29, 1.82) is 0 Å². The summed E-state index contributed by atoms with van der Waals surface area (Å²) in [6.45, 7) is 2.56. The molecule has 2 unspecified atom stereocenters. The van der Waals surface area contributed by atoms with Crippen molar-refractivity contribution in [2.24, 2.45) is 0 Å². The zero-order valence-electron chi connectivity index (χ0n) is 10.9. The summed E-state index contributed by atoms with van der Waals surface area (Å²) in [7, 11) is 0.571. The first-order chi connectivity index (χ1) is 8.52. The molecule has 102 valence electrons. The van der Waals surface area contributed by atoms with E-state index in [1.807, 2.05) is 6.92 Å². The summed E-state index contributed by atoms with van der Waals surface area (Å²) in [5, 5.41) is 3.24. The van der Waals surface area contributed by atoms with E-state index in [0.29, 0.717) is 23.6 Å². The second kappa shape index (κ2) is 7.33. The number of esters is 1. The Kier molecular flexibility index (Phi) is 6.07. The molecule has 0 saturated heterocycles. The number of methoxy groups -OCH3 is 1. The molecular formula is C12H19NO4S. The van der Waals surface area contributed by atoms with Gasteiger partial charge in [0.15, 0.2) is 0 Å². The van der Waals surface area contributed by atoms with Crippen molar-refractivity contribution in [2.75, 3.05) is 19.1 Å². The Labute approximate surface area is 109 Å². The molecule has 1 heterocycles. The first-order valence-electron chi connectivity index (χ1n) is 5.72. The number of ether oxygens (including phenoxy) is 1. The largest absolute Gasteiger partial charge is 0.467 e. The van der Waals surface area contributed by atoms with Crippen molar-refractivity contribution < 1.29 is 18.2 Å². The highest BCUT2D eigenvalue weighted by Crippen LogP contribution is 2.09. The predicted molar refractivity (Wildman–Crippen MR) is 69.9 cm³/mol. The average Bonchev–Trinajstić information content (AvgIpc) is 2.81. The highest BCUT2D eigenvalue weighted by Gasteiger charge is 2.10. The van der Waals surface area contributed by atoms with Crippen LogP contribution in [-0.2, 0) is 22.1 Å². The second-order valence-corrected chi connectivity index (χ2v) is 5.70. The van der Waals surface area contributed by atoms with Crippen molar-refractivity contribution in [3.05, 3.63) is 23.7 Å². The van der Waals surface area contributed by atoms with E-state index in [4.69, 9.17) is 4.42 Å². The fourth-order valence-corrected chi connectivity index (χ4v) is 2.10. The first-order valence-corrected chi connectivity index (χ1v) is 7.44. The first kappa shape index (κ1) is 14.9. The standard InChI is InChI=1S/C12H19NO4S/c1-9(4-5-18(3)15)13-7-11-6-10(8-17-11)12(14)16-2/h6,8-9,13H,4-5,7H2,1-3H3. The molecule has 0 aliphatic heterocycles. The highest BCUT2D eigenvalue weighted by atomic mass is 32.2. The molecule has 1 aromatic heterocycles. The lowest BCUT2D eigenvalue weighted by Crippen LogP contribution is -2.26. The van der Waals surface area contributed by atoms with Crippen LogP contribution in [0, 0.1) is 0 Å². The number of rotatable bonds is 7. The Balaban J connectivity index is 2.37.